The molecule has 0 unspecified atom stereocenters. The van der Waals surface area contributed by atoms with Gasteiger partial charge in [-0.1, -0.05) is 29.8 Å². The zero-order valence-corrected chi connectivity index (χ0v) is 32.6. The van der Waals surface area contributed by atoms with E-state index in [1.807, 2.05) is 90.3 Å². The van der Waals surface area contributed by atoms with E-state index in [1.165, 1.54) is 22.3 Å². The van der Waals surface area contributed by atoms with Gasteiger partial charge in [0.1, 0.15) is 11.5 Å². The standard InChI is InChI=1S/C47H36N6O.Pd/c1-29-15-24-50-43(25-29)52-41-12-7-6-11-39(41)40-14-13-38(28-42(40)52)54-37-10-8-9-36(27-37)53-47(35-18-22-49-23-19-35)45(46(51-53)34-16-20-48-21-17-34)44-31(3)26-30(2)32(4)33(44)5;/h6-26H,1-5H3;/q-2;+2. The van der Waals surface area contributed by atoms with Crippen molar-refractivity contribution < 1.29 is 25.2 Å². The summed E-state index contributed by atoms with van der Waals surface area (Å²) in [5, 5.41) is 7.57. The molecule has 270 valence electrons. The number of nitrogens with zero attached hydrogens (tertiary/aromatic N) is 6. The molecule has 55 heavy (non-hydrogen) atoms. The van der Waals surface area contributed by atoms with Gasteiger partial charge < -0.3 is 9.30 Å². The molecular weight excluding hydrogens is 771 g/mol. The van der Waals surface area contributed by atoms with Crippen molar-refractivity contribution >= 4 is 21.8 Å². The summed E-state index contributed by atoms with van der Waals surface area (Å²) in [6.45, 7) is 10.8. The maximum atomic E-state index is 6.57. The Bertz CT molecular complexity index is 2860. The molecular formula is C47H36N6OPd. The number of aryl methyl sites for hydroxylation is 3. The summed E-state index contributed by atoms with van der Waals surface area (Å²) in [6.07, 6.45) is 9.11. The van der Waals surface area contributed by atoms with Crippen LogP contribution in [0.2, 0.25) is 0 Å². The van der Waals surface area contributed by atoms with Crippen molar-refractivity contribution in [1.29, 1.82) is 0 Å². The Morgan fingerprint density at radius 3 is 2.09 bits per heavy atom. The van der Waals surface area contributed by atoms with Crippen molar-refractivity contribution in [3.63, 3.8) is 0 Å². The minimum atomic E-state index is 0. The second kappa shape index (κ2) is 14.6. The van der Waals surface area contributed by atoms with Gasteiger partial charge in [0.2, 0.25) is 0 Å². The average molecular weight is 807 g/mol. The number of benzene rings is 4. The topological polar surface area (TPSA) is 70.7 Å². The molecule has 0 aliphatic heterocycles. The Morgan fingerprint density at radius 1 is 0.600 bits per heavy atom. The van der Waals surface area contributed by atoms with E-state index < -0.39 is 0 Å². The Hall–Kier alpha value is -6.20. The number of pyridine rings is 3. The number of fused-ring (bicyclic) bond motifs is 3. The molecule has 0 N–H and O–H groups in total. The van der Waals surface area contributed by atoms with E-state index in [0.29, 0.717) is 11.5 Å². The first-order valence-electron chi connectivity index (χ1n) is 18.0. The third kappa shape index (κ3) is 6.34. The molecule has 7 nitrogen and oxygen atoms in total. The zero-order valence-electron chi connectivity index (χ0n) is 31.0. The summed E-state index contributed by atoms with van der Waals surface area (Å²) in [4.78, 5) is 13.4. The van der Waals surface area contributed by atoms with Gasteiger partial charge in [-0.2, -0.15) is 17.2 Å². The van der Waals surface area contributed by atoms with Crippen LogP contribution in [0.3, 0.4) is 0 Å². The molecule has 8 heteroatoms. The van der Waals surface area contributed by atoms with Crippen LogP contribution in [0.1, 0.15) is 27.8 Å². The molecule has 0 atom stereocenters. The maximum absolute atomic E-state index is 6.57. The fourth-order valence-corrected chi connectivity index (χ4v) is 7.54. The van der Waals surface area contributed by atoms with Crippen molar-refractivity contribution in [3.8, 4) is 56.6 Å². The van der Waals surface area contributed by atoms with Gasteiger partial charge >= 0.3 is 20.4 Å². The molecule has 0 aliphatic carbocycles. The number of hydrogen-bond donors (Lipinski definition) is 0. The Kier molecular flexibility index (Phi) is 9.48. The Labute approximate surface area is 334 Å². The third-order valence-electron chi connectivity index (χ3n) is 10.3. The molecule has 0 fully saturated rings. The largest absolute Gasteiger partial charge is 2.00 e. The van der Waals surface area contributed by atoms with E-state index in [9.17, 15) is 0 Å². The number of ether oxygens (including phenoxy) is 1. The van der Waals surface area contributed by atoms with Crippen LogP contribution in [0.15, 0.2) is 128 Å². The smallest absolute Gasteiger partial charge is 0.509 e. The van der Waals surface area contributed by atoms with Crippen molar-refractivity contribution in [2.75, 3.05) is 0 Å². The number of para-hydroxylation sites is 1. The number of hydrogen-bond acceptors (Lipinski definition) is 5. The van der Waals surface area contributed by atoms with Crippen LogP contribution >= 0.6 is 0 Å². The first kappa shape index (κ1) is 35.8. The van der Waals surface area contributed by atoms with Gasteiger partial charge in [-0.25, -0.2) is 4.98 Å². The summed E-state index contributed by atoms with van der Waals surface area (Å²) in [5.74, 6) is 1.95. The summed E-state index contributed by atoms with van der Waals surface area (Å²) in [7, 11) is 0. The first-order chi connectivity index (χ1) is 26.4. The quantitative estimate of drug-likeness (QED) is 0.118. The summed E-state index contributed by atoms with van der Waals surface area (Å²) in [6, 6.07) is 39.9. The van der Waals surface area contributed by atoms with Crippen molar-refractivity contribution in [2.24, 2.45) is 0 Å². The molecule has 5 heterocycles. The van der Waals surface area contributed by atoms with E-state index in [0.717, 1.165) is 72.5 Å². The van der Waals surface area contributed by atoms with Crippen molar-refractivity contribution in [3.05, 3.63) is 168 Å². The van der Waals surface area contributed by atoms with Crippen LogP contribution in [0.5, 0.6) is 11.5 Å². The summed E-state index contributed by atoms with van der Waals surface area (Å²) < 4.78 is 10.7. The molecule has 0 saturated carbocycles. The van der Waals surface area contributed by atoms with Gasteiger partial charge in [0.15, 0.2) is 0 Å². The van der Waals surface area contributed by atoms with Gasteiger partial charge in [-0.05, 0) is 122 Å². The molecule has 0 amide bonds. The minimum Gasteiger partial charge on any atom is -0.509 e. The Balaban J connectivity index is 0.00000427. The number of rotatable bonds is 7. The Morgan fingerprint density at radius 2 is 1.33 bits per heavy atom. The predicted octanol–water partition coefficient (Wildman–Crippen LogP) is 11.1. The average Bonchev–Trinajstić information content (AvgIpc) is 3.74. The predicted molar refractivity (Wildman–Crippen MR) is 215 cm³/mol. The second-order valence-corrected chi connectivity index (χ2v) is 13.7. The second-order valence-electron chi connectivity index (χ2n) is 13.7. The maximum Gasteiger partial charge on any atom is 2.00 e. The SMILES string of the molecule is Cc1ccnc(-n2c3[c-]c(Oc4[c-]c(-n5nc(-c6ccncc6)c(-c6c(C)cc(C)c(C)c6C)c5-c5ccncc5)ccc4)ccc3c3ccccc32)c1.[Pd+2]. The van der Waals surface area contributed by atoms with Gasteiger partial charge in [-0.3, -0.25) is 14.6 Å². The molecule has 5 aromatic heterocycles. The molecule has 9 rings (SSSR count). The first-order valence-corrected chi connectivity index (χ1v) is 18.0. The van der Waals surface area contributed by atoms with Crippen LogP contribution in [0.25, 0.3) is 67.0 Å². The molecule has 0 aliphatic rings. The van der Waals surface area contributed by atoms with Crippen LogP contribution in [0.4, 0.5) is 0 Å². The number of aromatic nitrogens is 6. The van der Waals surface area contributed by atoms with E-state index in [-0.39, 0.29) is 20.4 Å². The van der Waals surface area contributed by atoms with Crippen LogP contribution in [0, 0.1) is 46.8 Å². The van der Waals surface area contributed by atoms with Crippen LogP contribution in [-0.4, -0.2) is 29.3 Å². The minimum absolute atomic E-state index is 0. The monoisotopic (exact) mass is 806 g/mol. The molecule has 0 radical (unpaired) electrons. The molecule has 9 aromatic rings. The molecule has 0 saturated heterocycles. The third-order valence-corrected chi connectivity index (χ3v) is 10.3. The fourth-order valence-electron chi connectivity index (χ4n) is 7.54. The van der Waals surface area contributed by atoms with Crippen LogP contribution in [-0.2, 0) is 20.4 Å². The van der Waals surface area contributed by atoms with E-state index >= 15 is 0 Å². The normalized spacial score (nSPS) is 11.2. The molecule has 0 bridgehead atoms. The van der Waals surface area contributed by atoms with Crippen LogP contribution < -0.4 is 4.74 Å². The van der Waals surface area contributed by atoms with Gasteiger partial charge in [0.05, 0.1) is 5.69 Å². The fraction of sp³-hybridized carbons (Fsp3) is 0.106. The van der Waals surface area contributed by atoms with E-state index in [4.69, 9.17) is 14.8 Å². The zero-order chi connectivity index (χ0) is 36.9. The van der Waals surface area contributed by atoms with Gasteiger partial charge in [0, 0.05) is 64.7 Å². The van der Waals surface area contributed by atoms with E-state index in [2.05, 4.69) is 104 Å². The van der Waals surface area contributed by atoms with Gasteiger partial charge in [-0.15, -0.1) is 35.7 Å². The summed E-state index contributed by atoms with van der Waals surface area (Å²) in [5.41, 5.74) is 14.7. The van der Waals surface area contributed by atoms with Crippen molar-refractivity contribution in [2.45, 2.75) is 34.6 Å². The molecule has 0 spiro atoms. The van der Waals surface area contributed by atoms with Gasteiger partial charge in [0.25, 0.3) is 0 Å². The molecule has 4 aromatic carbocycles. The summed E-state index contributed by atoms with van der Waals surface area (Å²) >= 11 is 0. The van der Waals surface area contributed by atoms with Crippen molar-refractivity contribution in [1.82, 2.24) is 29.3 Å². The van der Waals surface area contributed by atoms with E-state index in [1.54, 1.807) is 0 Å².